The summed E-state index contributed by atoms with van der Waals surface area (Å²) in [6.07, 6.45) is 6.44. The van der Waals surface area contributed by atoms with Crippen LogP contribution in [0.25, 0.3) is 0 Å². The Kier molecular flexibility index (Phi) is 3.63. The summed E-state index contributed by atoms with van der Waals surface area (Å²) in [5.41, 5.74) is 4.73. The van der Waals surface area contributed by atoms with Crippen LogP contribution in [0.4, 0.5) is 0 Å². The Morgan fingerprint density at radius 1 is 1.48 bits per heavy atom. The van der Waals surface area contributed by atoms with Gasteiger partial charge in [0.2, 0.25) is 0 Å². The standard InChI is InChI=1S/C17H24N4O2/c1-18-17-5-13(6-17)14(7-17)10-21-3-2-15-12(9-21)4-11(8-19-15)16(22)20-23/h4,8,13-14,18,23H,2-3,5-7,9-10H2,1H3,(H,20,22). The molecular weight excluding hydrogens is 292 g/mol. The van der Waals surface area contributed by atoms with Gasteiger partial charge in [-0.05, 0) is 49.8 Å². The summed E-state index contributed by atoms with van der Waals surface area (Å²) >= 11 is 0. The van der Waals surface area contributed by atoms with Gasteiger partial charge in [0, 0.05) is 43.5 Å². The number of nitrogens with zero attached hydrogens (tertiary/aromatic N) is 2. The molecule has 0 saturated heterocycles. The second-order valence-electron chi connectivity index (χ2n) is 7.42. The summed E-state index contributed by atoms with van der Waals surface area (Å²) in [6.45, 7) is 3.04. The maximum atomic E-state index is 11.6. The van der Waals surface area contributed by atoms with Gasteiger partial charge in [-0.15, -0.1) is 0 Å². The van der Waals surface area contributed by atoms with Crippen molar-refractivity contribution in [2.24, 2.45) is 11.8 Å². The van der Waals surface area contributed by atoms with Crippen LogP contribution < -0.4 is 10.8 Å². The van der Waals surface area contributed by atoms with E-state index in [9.17, 15) is 4.79 Å². The first kappa shape index (κ1) is 15.1. The summed E-state index contributed by atoms with van der Waals surface area (Å²) in [5, 5.41) is 12.3. The monoisotopic (exact) mass is 316 g/mol. The van der Waals surface area contributed by atoms with Gasteiger partial charge >= 0.3 is 0 Å². The first-order valence-corrected chi connectivity index (χ1v) is 8.46. The highest BCUT2D eigenvalue weighted by molar-refractivity contribution is 5.93. The highest BCUT2D eigenvalue weighted by Crippen LogP contribution is 2.55. The molecule has 1 amide bonds. The molecule has 4 aliphatic rings. The minimum Gasteiger partial charge on any atom is -0.314 e. The first-order chi connectivity index (χ1) is 11.1. The summed E-state index contributed by atoms with van der Waals surface area (Å²) in [5.74, 6) is 1.18. The Hall–Kier alpha value is -1.50. The van der Waals surface area contributed by atoms with Crippen LogP contribution in [0, 0.1) is 11.8 Å². The number of fused-ring (bicyclic) bond motifs is 2. The number of pyridine rings is 1. The second kappa shape index (κ2) is 5.54. The van der Waals surface area contributed by atoms with E-state index in [1.807, 2.05) is 6.07 Å². The molecule has 0 aromatic carbocycles. The van der Waals surface area contributed by atoms with Gasteiger partial charge in [-0.25, -0.2) is 5.48 Å². The number of nitrogens with one attached hydrogen (secondary N) is 2. The molecule has 3 aliphatic carbocycles. The van der Waals surface area contributed by atoms with Crippen LogP contribution in [0.3, 0.4) is 0 Å². The summed E-state index contributed by atoms with van der Waals surface area (Å²) in [7, 11) is 2.09. The van der Waals surface area contributed by atoms with Gasteiger partial charge in [-0.2, -0.15) is 0 Å². The van der Waals surface area contributed by atoms with E-state index in [-0.39, 0.29) is 0 Å². The number of hydrogen-bond acceptors (Lipinski definition) is 5. The molecule has 0 radical (unpaired) electrons. The minimum absolute atomic E-state index is 0.422. The largest absolute Gasteiger partial charge is 0.314 e. The van der Waals surface area contributed by atoms with Crippen LogP contribution in [0.2, 0.25) is 0 Å². The number of amides is 1. The van der Waals surface area contributed by atoms with Crippen molar-refractivity contribution in [2.75, 3.05) is 20.1 Å². The van der Waals surface area contributed by atoms with Gasteiger partial charge in [-0.3, -0.25) is 19.9 Å². The van der Waals surface area contributed by atoms with Crippen LogP contribution in [0.1, 0.15) is 40.9 Å². The molecule has 3 saturated carbocycles. The average molecular weight is 316 g/mol. The predicted octanol–water partition coefficient (Wildman–Crippen LogP) is 0.947. The normalized spacial score (nSPS) is 32.3. The number of hydrogen-bond donors (Lipinski definition) is 3. The van der Waals surface area contributed by atoms with Gasteiger partial charge in [0.1, 0.15) is 0 Å². The Bertz CT molecular complexity index is 627. The van der Waals surface area contributed by atoms with E-state index in [1.54, 1.807) is 11.7 Å². The van der Waals surface area contributed by atoms with E-state index >= 15 is 0 Å². The van der Waals surface area contributed by atoms with Crippen molar-refractivity contribution in [1.29, 1.82) is 0 Å². The highest BCUT2D eigenvalue weighted by Gasteiger charge is 2.55. The van der Waals surface area contributed by atoms with E-state index in [2.05, 4.69) is 22.2 Å². The van der Waals surface area contributed by atoms with Crippen LogP contribution in [-0.4, -0.2) is 46.7 Å². The number of carbonyl (C=O) groups excluding carboxylic acids is 1. The maximum Gasteiger partial charge on any atom is 0.276 e. The zero-order valence-electron chi connectivity index (χ0n) is 13.5. The quantitative estimate of drug-likeness (QED) is 0.569. The van der Waals surface area contributed by atoms with E-state index in [0.717, 1.165) is 49.1 Å². The molecule has 6 nitrogen and oxygen atoms in total. The van der Waals surface area contributed by atoms with Crippen molar-refractivity contribution >= 4 is 5.91 Å². The zero-order chi connectivity index (χ0) is 16.0. The number of carbonyl (C=O) groups is 1. The highest BCUT2D eigenvalue weighted by atomic mass is 16.5. The Morgan fingerprint density at radius 2 is 2.30 bits per heavy atom. The molecule has 0 spiro atoms. The fourth-order valence-electron chi connectivity index (χ4n) is 4.79. The lowest BCUT2D eigenvalue weighted by Gasteiger charge is -2.38. The van der Waals surface area contributed by atoms with Gasteiger partial charge in [-0.1, -0.05) is 0 Å². The van der Waals surface area contributed by atoms with Gasteiger partial charge in [0.15, 0.2) is 0 Å². The molecule has 2 bridgehead atoms. The molecule has 3 fully saturated rings. The van der Waals surface area contributed by atoms with Crippen molar-refractivity contribution in [3.05, 3.63) is 29.1 Å². The molecule has 1 unspecified atom stereocenters. The van der Waals surface area contributed by atoms with Crippen molar-refractivity contribution in [3.63, 3.8) is 0 Å². The molecule has 23 heavy (non-hydrogen) atoms. The fourth-order valence-corrected chi connectivity index (χ4v) is 4.79. The summed E-state index contributed by atoms with van der Waals surface area (Å²) < 4.78 is 0. The topological polar surface area (TPSA) is 77.5 Å². The SMILES string of the molecule is CNC12CC(CN3CCc4ncc(C(=O)NO)cc4C3)C(C1)C2. The van der Waals surface area contributed by atoms with Crippen molar-refractivity contribution in [1.82, 2.24) is 20.7 Å². The third-order valence-corrected chi connectivity index (χ3v) is 6.13. The molecule has 5 rings (SSSR count). The molecule has 1 aliphatic heterocycles. The van der Waals surface area contributed by atoms with Gasteiger partial charge in [0.05, 0.1) is 5.56 Å². The fraction of sp³-hybridized carbons (Fsp3) is 0.647. The van der Waals surface area contributed by atoms with Crippen molar-refractivity contribution in [2.45, 2.75) is 37.8 Å². The van der Waals surface area contributed by atoms with E-state index in [1.165, 1.54) is 19.3 Å². The van der Waals surface area contributed by atoms with Crippen LogP contribution in [0.15, 0.2) is 12.3 Å². The summed E-state index contributed by atoms with van der Waals surface area (Å²) in [4.78, 5) is 18.4. The number of aromatic nitrogens is 1. The van der Waals surface area contributed by atoms with Gasteiger partial charge in [0.25, 0.3) is 5.91 Å². The lowest BCUT2D eigenvalue weighted by Crippen LogP contribution is -2.47. The number of hydroxylamine groups is 1. The molecule has 2 heterocycles. The molecule has 6 heteroatoms. The lowest BCUT2D eigenvalue weighted by molar-refractivity contribution is 0.0705. The minimum atomic E-state index is -0.495. The van der Waals surface area contributed by atoms with E-state index in [0.29, 0.717) is 11.1 Å². The molecule has 1 aromatic rings. The average Bonchev–Trinajstić information content (AvgIpc) is 3.07. The van der Waals surface area contributed by atoms with Crippen LogP contribution in [-0.2, 0) is 13.0 Å². The van der Waals surface area contributed by atoms with E-state index in [4.69, 9.17) is 5.21 Å². The Morgan fingerprint density at radius 3 is 3.00 bits per heavy atom. The third kappa shape index (κ3) is 2.55. The Balaban J connectivity index is 1.43. The molecule has 124 valence electrons. The van der Waals surface area contributed by atoms with Crippen LogP contribution in [0.5, 0.6) is 0 Å². The number of rotatable bonds is 4. The van der Waals surface area contributed by atoms with Crippen LogP contribution >= 0.6 is 0 Å². The molecular formula is C17H24N4O2. The smallest absolute Gasteiger partial charge is 0.276 e. The maximum absolute atomic E-state index is 11.6. The van der Waals surface area contributed by atoms with Crippen molar-refractivity contribution in [3.8, 4) is 0 Å². The Labute approximate surface area is 136 Å². The predicted molar refractivity (Wildman–Crippen MR) is 85.1 cm³/mol. The van der Waals surface area contributed by atoms with Gasteiger partial charge < -0.3 is 5.32 Å². The van der Waals surface area contributed by atoms with Crippen molar-refractivity contribution < 1.29 is 10.0 Å². The third-order valence-electron chi connectivity index (χ3n) is 6.13. The summed E-state index contributed by atoms with van der Waals surface area (Å²) in [6, 6.07) is 1.86. The molecule has 3 N–H and O–H groups in total. The first-order valence-electron chi connectivity index (χ1n) is 8.46. The zero-order valence-corrected chi connectivity index (χ0v) is 13.5. The second-order valence-corrected chi connectivity index (χ2v) is 7.42. The molecule has 1 aromatic heterocycles. The lowest BCUT2D eigenvalue weighted by atomic mass is 9.76. The van der Waals surface area contributed by atoms with E-state index < -0.39 is 5.91 Å². The molecule has 1 atom stereocenters.